The Labute approximate surface area is 124 Å². The van der Waals surface area contributed by atoms with Crippen molar-refractivity contribution >= 4 is 24.0 Å². The van der Waals surface area contributed by atoms with Gasteiger partial charge in [0.05, 0.1) is 18.2 Å². The number of hydrogen-bond donors (Lipinski definition) is 3. The Hall–Kier alpha value is -0.520. The minimum Gasteiger partial charge on any atom is -0.495 e. The van der Waals surface area contributed by atoms with Crippen LogP contribution in [0.4, 0.5) is 0 Å². The topological polar surface area (TPSA) is 53.5 Å². The third-order valence-electron chi connectivity index (χ3n) is 3.26. The number of hydrogen-bond acceptors (Lipinski definition) is 4. The molecule has 2 atom stereocenters. The van der Waals surface area contributed by atoms with Gasteiger partial charge in [0.1, 0.15) is 5.75 Å². The standard InChI is InChI=1S/C13H19ClN2O2.ClH/c1-18-13-3-2-9(4-11(13)14)5-15-6-10-7-16-8-12(10)17;/h2-4,10,12,15-17H,5-8H2,1H3;1H. The van der Waals surface area contributed by atoms with Gasteiger partial charge in [-0.3, -0.25) is 0 Å². The molecule has 1 aromatic rings. The van der Waals surface area contributed by atoms with Crippen LogP contribution in [0.1, 0.15) is 5.56 Å². The Kier molecular flexibility index (Phi) is 6.89. The van der Waals surface area contributed by atoms with E-state index in [0.29, 0.717) is 23.2 Å². The van der Waals surface area contributed by atoms with Crippen LogP contribution in [0.3, 0.4) is 0 Å². The first-order valence-electron chi connectivity index (χ1n) is 6.12. The Morgan fingerprint density at radius 2 is 2.26 bits per heavy atom. The summed E-state index contributed by atoms with van der Waals surface area (Å²) in [5.74, 6) is 0.981. The second-order valence-corrected chi connectivity index (χ2v) is 4.99. The van der Waals surface area contributed by atoms with Gasteiger partial charge in [-0.1, -0.05) is 17.7 Å². The third-order valence-corrected chi connectivity index (χ3v) is 3.55. The first kappa shape index (κ1) is 16.5. The molecule has 1 aliphatic rings. The molecule has 0 saturated carbocycles. The molecular weight excluding hydrogens is 287 g/mol. The van der Waals surface area contributed by atoms with Gasteiger partial charge in [-0.05, 0) is 17.7 Å². The van der Waals surface area contributed by atoms with Crippen LogP contribution in [0.5, 0.6) is 5.75 Å². The van der Waals surface area contributed by atoms with Gasteiger partial charge >= 0.3 is 0 Å². The van der Waals surface area contributed by atoms with Gasteiger partial charge in [0.15, 0.2) is 0 Å². The molecule has 0 amide bonds. The van der Waals surface area contributed by atoms with Crippen LogP contribution in [0.2, 0.25) is 5.02 Å². The molecule has 1 aromatic carbocycles. The zero-order valence-electron chi connectivity index (χ0n) is 10.9. The van der Waals surface area contributed by atoms with Crippen molar-refractivity contribution in [3.8, 4) is 5.75 Å². The highest BCUT2D eigenvalue weighted by molar-refractivity contribution is 6.32. The molecule has 6 heteroatoms. The summed E-state index contributed by atoms with van der Waals surface area (Å²) in [6.45, 7) is 3.11. The van der Waals surface area contributed by atoms with E-state index in [2.05, 4.69) is 10.6 Å². The Morgan fingerprint density at radius 3 is 2.84 bits per heavy atom. The normalized spacial score (nSPS) is 22.1. The maximum absolute atomic E-state index is 9.66. The largest absolute Gasteiger partial charge is 0.495 e. The van der Waals surface area contributed by atoms with Gasteiger partial charge in [-0.15, -0.1) is 12.4 Å². The summed E-state index contributed by atoms with van der Waals surface area (Å²) in [5, 5.41) is 16.8. The Bertz CT molecular complexity index is 404. The van der Waals surface area contributed by atoms with Crippen molar-refractivity contribution in [1.29, 1.82) is 0 Å². The lowest BCUT2D eigenvalue weighted by Gasteiger charge is -2.14. The van der Waals surface area contributed by atoms with E-state index in [1.807, 2.05) is 18.2 Å². The fourth-order valence-corrected chi connectivity index (χ4v) is 2.43. The summed E-state index contributed by atoms with van der Waals surface area (Å²) in [6.07, 6.45) is -0.239. The predicted molar refractivity (Wildman–Crippen MR) is 79.3 cm³/mol. The lowest BCUT2D eigenvalue weighted by atomic mass is 10.1. The fourth-order valence-electron chi connectivity index (χ4n) is 2.15. The van der Waals surface area contributed by atoms with Crippen molar-refractivity contribution in [2.75, 3.05) is 26.7 Å². The van der Waals surface area contributed by atoms with Crippen LogP contribution in [-0.4, -0.2) is 38.0 Å². The summed E-state index contributed by atoms with van der Waals surface area (Å²) in [5.41, 5.74) is 1.11. The van der Waals surface area contributed by atoms with Crippen molar-refractivity contribution < 1.29 is 9.84 Å². The van der Waals surface area contributed by atoms with Gasteiger partial charge in [0.2, 0.25) is 0 Å². The van der Waals surface area contributed by atoms with Gasteiger partial charge in [0, 0.05) is 32.1 Å². The van der Waals surface area contributed by atoms with Gasteiger partial charge < -0.3 is 20.5 Å². The van der Waals surface area contributed by atoms with Crippen LogP contribution in [0.25, 0.3) is 0 Å². The molecule has 4 nitrogen and oxygen atoms in total. The van der Waals surface area contributed by atoms with E-state index in [-0.39, 0.29) is 18.5 Å². The summed E-state index contributed by atoms with van der Waals surface area (Å²) in [7, 11) is 1.60. The number of rotatable bonds is 5. The number of β-amino-alcohol motifs (C(OH)–C–C–N with tert-alkyl or cyclic N) is 1. The molecule has 1 aliphatic heterocycles. The van der Waals surface area contributed by atoms with Crippen LogP contribution in [0, 0.1) is 5.92 Å². The third kappa shape index (κ3) is 4.51. The molecule has 108 valence electrons. The number of ether oxygens (including phenoxy) is 1. The summed E-state index contributed by atoms with van der Waals surface area (Å²) < 4.78 is 5.11. The predicted octanol–water partition coefficient (Wildman–Crippen LogP) is 1.44. The van der Waals surface area contributed by atoms with Crippen molar-refractivity contribution in [3.05, 3.63) is 28.8 Å². The minimum absolute atomic E-state index is 0. The average Bonchev–Trinajstić information content (AvgIpc) is 2.75. The molecule has 3 N–H and O–H groups in total. The molecule has 0 spiro atoms. The number of benzene rings is 1. The van der Waals surface area contributed by atoms with E-state index in [4.69, 9.17) is 16.3 Å². The number of methoxy groups -OCH3 is 1. The number of nitrogens with one attached hydrogen (secondary N) is 2. The van der Waals surface area contributed by atoms with Gasteiger partial charge in [-0.2, -0.15) is 0 Å². The molecule has 0 bridgehead atoms. The molecule has 1 fully saturated rings. The maximum Gasteiger partial charge on any atom is 0.137 e. The smallest absolute Gasteiger partial charge is 0.137 e. The second kappa shape index (κ2) is 7.92. The number of halogens is 2. The van der Waals surface area contributed by atoms with Gasteiger partial charge in [-0.25, -0.2) is 0 Å². The van der Waals surface area contributed by atoms with Crippen molar-refractivity contribution in [3.63, 3.8) is 0 Å². The molecule has 2 unspecified atom stereocenters. The lowest BCUT2D eigenvalue weighted by Crippen LogP contribution is -2.30. The molecular formula is C13H20Cl2N2O2. The first-order valence-corrected chi connectivity index (χ1v) is 6.50. The zero-order chi connectivity index (χ0) is 13.0. The number of aliphatic hydroxyl groups is 1. The SMILES string of the molecule is COc1ccc(CNCC2CNCC2O)cc1Cl.Cl. The number of aliphatic hydroxyl groups excluding tert-OH is 1. The van der Waals surface area contributed by atoms with Crippen LogP contribution < -0.4 is 15.4 Å². The molecule has 1 heterocycles. The molecule has 1 saturated heterocycles. The maximum atomic E-state index is 9.66. The van der Waals surface area contributed by atoms with E-state index < -0.39 is 0 Å². The summed E-state index contributed by atoms with van der Waals surface area (Å²) in [6, 6.07) is 5.75. The Morgan fingerprint density at radius 1 is 1.47 bits per heavy atom. The molecule has 19 heavy (non-hydrogen) atoms. The highest BCUT2D eigenvalue weighted by Gasteiger charge is 2.23. The van der Waals surface area contributed by atoms with E-state index in [9.17, 15) is 5.11 Å². The average molecular weight is 307 g/mol. The molecule has 0 aromatic heterocycles. The first-order chi connectivity index (χ1) is 8.70. The van der Waals surface area contributed by atoms with Crippen LogP contribution in [-0.2, 0) is 6.54 Å². The Balaban J connectivity index is 0.00000180. The van der Waals surface area contributed by atoms with E-state index in [1.165, 1.54) is 0 Å². The minimum atomic E-state index is -0.239. The van der Waals surface area contributed by atoms with Crippen LogP contribution in [0.15, 0.2) is 18.2 Å². The monoisotopic (exact) mass is 306 g/mol. The van der Waals surface area contributed by atoms with Crippen LogP contribution >= 0.6 is 24.0 Å². The van der Waals surface area contributed by atoms with Crippen molar-refractivity contribution in [1.82, 2.24) is 10.6 Å². The highest BCUT2D eigenvalue weighted by Crippen LogP contribution is 2.24. The van der Waals surface area contributed by atoms with E-state index in [0.717, 1.165) is 25.2 Å². The van der Waals surface area contributed by atoms with Crippen molar-refractivity contribution in [2.24, 2.45) is 5.92 Å². The lowest BCUT2D eigenvalue weighted by molar-refractivity contribution is 0.146. The second-order valence-electron chi connectivity index (χ2n) is 4.59. The molecule has 0 aliphatic carbocycles. The zero-order valence-corrected chi connectivity index (χ0v) is 12.4. The van der Waals surface area contributed by atoms with E-state index >= 15 is 0 Å². The molecule has 2 rings (SSSR count). The van der Waals surface area contributed by atoms with Crippen molar-refractivity contribution in [2.45, 2.75) is 12.6 Å². The summed E-state index contributed by atoms with van der Waals surface area (Å²) in [4.78, 5) is 0. The van der Waals surface area contributed by atoms with E-state index in [1.54, 1.807) is 7.11 Å². The fraction of sp³-hybridized carbons (Fsp3) is 0.538. The molecule has 0 radical (unpaired) electrons. The quantitative estimate of drug-likeness (QED) is 0.770. The van der Waals surface area contributed by atoms with Gasteiger partial charge in [0.25, 0.3) is 0 Å². The summed E-state index contributed by atoms with van der Waals surface area (Å²) >= 11 is 6.06. The highest BCUT2D eigenvalue weighted by atomic mass is 35.5.